The van der Waals surface area contributed by atoms with Crippen LogP contribution in [0.1, 0.15) is 83.8 Å². The maximum absolute atomic E-state index is 13.4. The van der Waals surface area contributed by atoms with E-state index in [1.54, 1.807) is 36.4 Å². The smallest absolute Gasteiger partial charge is 0.306 e. The normalized spacial score (nSPS) is 30.0. The fourth-order valence-corrected chi connectivity index (χ4v) is 8.48. The molecule has 4 aliphatic carbocycles. The Morgan fingerprint density at radius 2 is 1.57 bits per heavy atom. The van der Waals surface area contributed by atoms with Crippen molar-refractivity contribution in [3.63, 3.8) is 0 Å². The van der Waals surface area contributed by atoms with Gasteiger partial charge in [0.05, 0.1) is 18.9 Å². The molecule has 5 rings (SSSR count). The zero-order valence-corrected chi connectivity index (χ0v) is 28.5. The number of allylic oxidation sites excluding steroid dienone is 4. The third-order valence-corrected chi connectivity index (χ3v) is 10.5. The van der Waals surface area contributed by atoms with Crippen LogP contribution in [0.25, 0.3) is 0 Å². The summed E-state index contributed by atoms with van der Waals surface area (Å²) in [7, 11) is 0. The fraction of sp³-hybridized carbons (Fsp3) is 0.611. The standard InChI is InChI=1S/C33H39NO10.C3H8O2/c1-32-14-13-23(35)15-22(32)7-8-24-25-9-10-26(33(25,2)16-27(36)31(24)32)28(37)19-43-30(39)12-11-29(38)42-17-20-3-5-21(6-4-20)18-44-34(40)41;1-3(2,4)5/h3-6,13-15,24-27,31,36H,7-12,16-19H2,1-2H3;4-5H,1-2H3. The van der Waals surface area contributed by atoms with Gasteiger partial charge in [-0.25, -0.2) is 0 Å². The highest BCUT2D eigenvalue weighted by molar-refractivity contribution is 6.01. The molecule has 1 aromatic rings. The highest BCUT2D eigenvalue weighted by atomic mass is 16.9. The lowest BCUT2D eigenvalue weighted by molar-refractivity contribution is -0.763. The molecule has 0 amide bonds. The van der Waals surface area contributed by atoms with E-state index in [1.807, 2.05) is 6.08 Å². The molecule has 4 aliphatic rings. The van der Waals surface area contributed by atoms with Gasteiger partial charge in [-0.2, -0.15) is 0 Å². The van der Waals surface area contributed by atoms with Gasteiger partial charge in [0, 0.05) is 17.3 Å². The molecule has 1 aromatic carbocycles. The number of benzene rings is 1. The number of nitrogens with zero attached hydrogens (tertiary/aromatic N) is 1. The molecule has 3 N–H and O–H groups in total. The second-order valence-electron chi connectivity index (χ2n) is 14.5. The van der Waals surface area contributed by atoms with Gasteiger partial charge in [-0.1, -0.05) is 49.8 Å². The number of fused-ring (bicyclic) bond motifs is 5. The quantitative estimate of drug-likeness (QED) is 0.131. The van der Waals surface area contributed by atoms with Crippen LogP contribution in [0.2, 0.25) is 0 Å². The number of ketones is 2. The summed E-state index contributed by atoms with van der Waals surface area (Å²) in [5, 5.41) is 37.0. The summed E-state index contributed by atoms with van der Waals surface area (Å²) in [4.78, 5) is 64.5. The Kier molecular flexibility index (Phi) is 11.8. The number of carbonyl (C=O) groups excluding carboxylic acids is 4. The van der Waals surface area contributed by atoms with E-state index in [1.165, 1.54) is 13.8 Å². The predicted octanol–water partition coefficient (Wildman–Crippen LogP) is 3.93. The van der Waals surface area contributed by atoms with Crippen LogP contribution < -0.4 is 0 Å². The van der Waals surface area contributed by atoms with Crippen LogP contribution in [0.5, 0.6) is 0 Å². The molecule has 49 heavy (non-hydrogen) atoms. The molecule has 0 aliphatic heterocycles. The topological polar surface area (TPSA) is 200 Å². The van der Waals surface area contributed by atoms with E-state index in [2.05, 4.69) is 18.7 Å². The third-order valence-electron chi connectivity index (χ3n) is 10.5. The van der Waals surface area contributed by atoms with Crippen LogP contribution in [0.3, 0.4) is 0 Å². The first-order valence-corrected chi connectivity index (χ1v) is 16.7. The summed E-state index contributed by atoms with van der Waals surface area (Å²) in [6.07, 6.45) is 7.98. The summed E-state index contributed by atoms with van der Waals surface area (Å²) in [6.45, 7) is 6.23. The number of Topliss-reactive ketones (excluding diaryl/α,β-unsaturated/α-hetero) is 1. The first kappa shape index (κ1) is 37.9. The minimum atomic E-state index is -1.50. The Labute approximate surface area is 285 Å². The van der Waals surface area contributed by atoms with Crippen molar-refractivity contribution in [2.24, 2.45) is 34.5 Å². The number of hydrogen-bond acceptors (Lipinski definition) is 12. The molecule has 7 atom stereocenters. The zero-order chi connectivity index (χ0) is 36.1. The first-order valence-electron chi connectivity index (χ1n) is 16.7. The number of rotatable bonds is 11. The van der Waals surface area contributed by atoms with Crippen LogP contribution in [0.4, 0.5) is 0 Å². The summed E-state index contributed by atoms with van der Waals surface area (Å²) < 4.78 is 10.5. The number of carbonyl (C=O) groups is 4. The second-order valence-corrected chi connectivity index (χ2v) is 14.5. The van der Waals surface area contributed by atoms with Crippen molar-refractivity contribution < 1.29 is 53.9 Å². The van der Waals surface area contributed by atoms with Crippen molar-refractivity contribution in [2.75, 3.05) is 6.61 Å². The molecule has 0 aromatic heterocycles. The lowest BCUT2D eigenvalue weighted by Crippen LogP contribution is -2.56. The van der Waals surface area contributed by atoms with Gasteiger partial charge in [-0.15, -0.1) is 10.1 Å². The maximum atomic E-state index is 13.4. The SMILES string of the molecule is CC(C)(O)O.CC12C=CC(=O)C=C1CCC1C2C(O)CC2(C)C(C(=O)COC(=O)CCC(=O)OCc3ccc(CO[N+](=O)[O-])cc3)CCC12. The lowest BCUT2D eigenvalue weighted by Gasteiger charge is -2.58. The Bertz CT molecular complexity index is 1470. The van der Waals surface area contributed by atoms with E-state index in [4.69, 9.17) is 19.7 Å². The molecule has 0 heterocycles. The second kappa shape index (κ2) is 15.3. The van der Waals surface area contributed by atoms with E-state index >= 15 is 0 Å². The minimum absolute atomic E-state index is 0.00348. The summed E-state index contributed by atoms with van der Waals surface area (Å²) in [5.74, 6) is -2.77. The molecule has 0 spiro atoms. The van der Waals surface area contributed by atoms with E-state index in [9.17, 15) is 34.4 Å². The van der Waals surface area contributed by atoms with E-state index in [-0.39, 0.29) is 73.3 Å². The van der Waals surface area contributed by atoms with E-state index in [0.29, 0.717) is 24.0 Å². The summed E-state index contributed by atoms with van der Waals surface area (Å²) >= 11 is 0. The van der Waals surface area contributed by atoms with Gasteiger partial charge >= 0.3 is 11.9 Å². The fourth-order valence-electron chi connectivity index (χ4n) is 8.48. The molecule has 3 saturated carbocycles. The monoisotopic (exact) mass is 685 g/mol. The van der Waals surface area contributed by atoms with Crippen LogP contribution in [0, 0.1) is 44.6 Å². The van der Waals surface area contributed by atoms with Gasteiger partial charge in [-0.3, -0.25) is 19.2 Å². The molecule has 7 unspecified atom stereocenters. The molecule has 3 fully saturated rings. The number of esters is 2. The summed E-state index contributed by atoms with van der Waals surface area (Å²) in [5.41, 5.74) is 1.58. The highest BCUT2D eigenvalue weighted by Gasteiger charge is 2.62. The molecule has 0 bridgehead atoms. The Balaban J connectivity index is 0.00000101. The van der Waals surface area contributed by atoms with Gasteiger partial charge in [0.15, 0.2) is 17.4 Å². The number of aliphatic hydroxyl groups is 3. The van der Waals surface area contributed by atoms with Gasteiger partial charge in [-0.05, 0) is 86.5 Å². The van der Waals surface area contributed by atoms with Crippen LogP contribution in [0.15, 0.2) is 48.1 Å². The zero-order valence-electron chi connectivity index (χ0n) is 28.5. The largest absolute Gasteiger partial charge is 0.461 e. The summed E-state index contributed by atoms with van der Waals surface area (Å²) in [6, 6.07) is 6.56. The molecule has 13 nitrogen and oxygen atoms in total. The van der Waals surface area contributed by atoms with Gasteiger partial charge in [0.25, 0.3) is 5.09 Å². The van der Waals surface area contributed by atoms with Crippen molar-refractivity contribution >= 4 is 23.5 Å². The maximum Gasteiger partial charge on any atom is 0.306 e. The number of hydrogen-bond donors (Lipinski definition) is 3. The van der Waals surface area contributed by atoms with Gasteiger partial charge < -0.3 is 29.6 Å². The van der Waals surface area contributed by atoms with Gasteiger partial charge in [0.1, 0.15) is 19.8 Å². The Morgan fingerprint density at radius 3 is 2.18 bits per heavy atom. The Hall–Kier alpha value is -3.94. The van der Waals surface area contributed by atoms with Crippen LogP contribution in [-0.2, 0) is 46.7 Å². The predicted molar refractivity (Wildman–Crippen MR) is 173 cm³/mol. The first-order chi connectivity index (χ1) is 22.9. The molecule has 0 radical (unpaired) electrons. The molecular formula is C36H47NO12. The van der Waals surface area contributed by atoms with Crippen LogP contribution >= 0.6 is 0 Å². The third kappa shape index (κ3) is 9.40. The molecular weight excluding hydrogens is 638 g/mol. The Morgan fingerprint density at radius 1 is 0.980 bits per heavy atom. The highest BCUT2D eigenvalue weighted by Crippen LogP contribution is 2.66. The van der Waals surface area contributed by atoms with E-state index in [0.717, 1.165) is 24.8 Å². The van der Waals surface area contributed by atoms with Crippen molar-refractivity contribution in [1.82, 2.24) is 0 Å². The van der Waals surface area contributed by atoms with Crippen molar-refractivity contribution in [3.05, 3.63) is 69.3 Å². The molecule has 13 heteroatoms. The lowest BCUT2D eigenvalue weighted by atomic mass is 9.46. The van der Waals surface area contributed by atoms with Gasteiger partial charge in [0.2, 0.25) is 0 Å². The molecule has 0 saturated heterocycles. The van der Waals surface area contributed by atoms with Crippen molar-refractivity contribution in [2.45, 2.75) is 97.7 Å². The van der Waals surface area contributed by atoms with Crippen molar-refractivity contribution in [3.8, 4) is 0 Å². The van der Waals surface area contributed by atoms with E-state index < -0.39 is 34.3 Å². The minimum Gasteiger partial charge on any atom is -0.461 e. The van der Waals surface area contributed by atoms with Crippen LogP contribution in [-0.4, -0.2) is 62.4 Å². The average Bonchev–Trinajstić information content (AvgIpc) is 3.36. The van der Waals surface area contributed by atoms with Crippen molar-refractivity contribution in [1.29, 1.82) is 0 Å². The average molecular weight is 686 g/mol. The molecule has 268 valence electrons. The number of aliphatic hydroxyl groups excluding tert-OH is 1. The number of ether oxygens (including phenoxy) is 2.